The highest BCUT2D eigenvalue weighted by atomic mass is 19.4. The average Bonchev–Trinajstić information content (AvgIpc) is 2.72. The van der Waals surface area contributed by atoms with Gasteiger partial charge >= 0.3 is 12.3 Å². The summed E-state index contributed by atoms with van der Waals surface area (Å²) in [7, 11) is 0. The zero-order valence-corrected chi connectivity index (χ0v) is 16.1. The Labute approximate surface area is 175 Å². The molecule has 0 spiro atoms. The molecule has 0 aliphatic rings. The van der Waals surface area contributed by atoms with Crippen LogP contribution in [0.1, 0.15) is 5.56 Å². The van der Waals surface area contributed by atoms with Crippen LogP contribution in [0.15, 0.2) is 54.9 Å². The molecule has 11 heteroatoms. The number of hydrogen-bond acceptors (Lipinski definition) is 7. The molecule has 0 saturated carbocycles. The third kappa shape index (κ3) is 7.14. The second-order valence-corrected chi connectivity index (χ2v) is 6.32. The van der Waals surface area contributed by atoms with Crippen molar-refractivity contribution in [3.05, 3.63) is 60.4 Å². The van der Waals surface area contributed by atoms with Gasteiger partial charge in [-0.15, -0.1) is 13.2 Å². The molecule has 3 N–H and O–H groups in total. The Balaban J connectivity index is 1.83. The number of nitrogens with zero attached hydrogens (tertiary/aromatic N) is 3. The quantitative estimate of drug-likeness (QED) is 0.470. The standard InChI is InChI=1S/C20H18F3N5O3/c21-20(22,23)31-15-3-1-2-14(10-15)16-11-17(28-19(27-16)26-12-18(29)30)25-9-6-13-4-7-24-8-5-13/h1-5,7-8,10-11H,6,9,12H2,(H,29,30)(H2,25,26,27,28). The number of carbonyl (C=O) groups is 1. The number of aromatic nitrogens is 3. The lowest BCUT2D eigenvalue weighted by Gasteiger charge is -2.12. The van der Waals surface area contributed by atoms with E-state index in [9.17, 15) is 18.0 Å². The minimum Gasteiger partial charge on any atom is -0.480 e. The summed E-state index contributed by atoms with van der Waals surface area (Å²) in [4.78, 5) is 23.2. The van der Waals surface area contributed by atoms with Crippen LogP contribution >= 0.6 is 0 Å². The number of anilines is 2. The maximum absolute atomic E-state index is 12.5. The molecular weight excluding hydrogens is 415 g/mol. The van der Waals surface area contributed by atoms with E-state index >= 15 is 0 Å². The number of halogens is 3. The van der Waals surface area contributed by atoms with Gasteiger partial charge in [-0.3, -0.25) is 9.78 Å². The number of rotatable bonds is 9. The van der Waals surface area contributed by atoms with Gasteiger partial charge in [-0.25, -0.2) is 4.98 Å². The lowest BCUT2D eigenvalue weighted by molar-refractivity contribution is -0.274. The predicted octanol–water partition coefficient (Wildman–Crippen LogP) is 3.59. The van der Waals surface area contributed by atoms with Gasteiger partial charge in [0, 0.05) is 30.6 Å². The lowest BCUT2D eigenvalue weighted by atomic mass is 10.1. The number of alkyl halides is 3. The molecule has 0 unspecified atom stereocenters. The van der Waals surface area contributed by atoms with Crippen LogP contribution in [0.2, 0.25) is 0 Å². The van der Waals surface area contributed by atoms with Crippen molar-refractivity contribution < 1.29 is 27.8 Å². The van der Waals surface area contributed by atoms with Gasteiger partial charge in [0.05, 0.1) is 5.69 Å². The monoisotopic (exact) mass is 433 g/mol. The highest BCUT2D eigenvalue weighted by Gasteiger charge is 2.31. The fourth-order valence-electron chi connectivity index (χ4n) is 2.66. The Bertz CT molecular complexity index is 1030. The molecule has 0 amide bonds. The first-order chi connectivity index (χ1) is 14.8. The van der Waals surface area contributed by atoms with Gasteiger partial charge in [-0.2, -0.15) is 4.98 Å². The van der Waals surface area contributed by atoms with Crippen LogP contribution in [0.3, 0.4) is 0 Å². The fourth-order valence-corrected chi connectivity index (χ4v) is 2.66. The number of hydrogen-bond donors (Lipinski definition) is 3. The van der Waals surface area contributed by atoms with Gasteiger partial charge in [-0.05, 0) is 36.2 Å². The smallest absolute Gasteiger partial charge is 0.480 e. The summed E-state index contributed by atoms with van der Waals surface area (Å²) in [6.07, 6.45) is -0.781. The number of pyridine rings is 1. The Hall–Kier alpha value is -3.89. The summed E-state index contributed by atoms with van der Waals surface area (Å²) in [5.41, 5.74) is 1.69. The topological polar surface area (TPSA) is 109 Å². The molecule has 162 valence electrons. The Kier molecular flexibility index (Phi) is 6.85. The van der Waals surface area contributed by atoms with Gasteiger partial charge in [0.25, 0.3) is 0 Å². The minimum atomic E-state index is -4.82. The molecule has 31 heavy (non-hydrogen) atoms. The molecule has 0 fully saturated rings. The summed E-state index contributed by atoms with van der Waals surface area (Å²) in [5.74, 6) is -1.10. The van der Waals surface area contributed by atoms with Crippen LogP contribution in [-0.2, 0) is 11.2 Å². The molecule has 1 aromatic carbocycles. The Morgan fingerprint density at radius 2 is 1.84 bits per heavy atom. The first-order valence-corrected chi connectivity index (χ1v) is 9.12. The fraction of sp³-hybridized carbons (Fsp3) is 0.200. The van der Waals surface area contributed by atoms with Crippen molar-refractivity contribution in [2.75, 3.05) is 23.7 Å². The normalized spacial score (nSPS) is 11.1. The molecule has 0 aliphatic carbocycles. The first-order valence-electron chi connectivity index (χ1n) is 9.12. The van der Waals surface area contributed by atoms with Gasteiger partial charge in [0.1, 0.15) is 18.1 Å². The number of carboxylic acids is 1. The van der Waals surface area contributed by atoms with E-state index in [4.69, 9.17) is 5.11 Å². The van der Waals surface area contributed by atoms with E-state index in [1.807, 2.05) is 12.1 Å². The maximum Gasteiger partial charge on any atom is 0.573 e. The van der Waals surface area contributed by atoms with E-state index in [1.165, 1.54) is 18.2 Å². The summed E-state index contributed by atoms with van der Waals surface area (Å²) < 4.78 is 41.6. The van der Waals surface area contributed by atoms with Gasteiger partial charge < -0.3 is 20.5 Å². The second-order valence-electron chi connectivity index (χ2n) is 6.32. The molecular formula is C20H18F3N5O3. The van der Waals surface area contributed by atoms with Crippen LogP contribution in [-0.4, -0.2) is 45.5 Å². The van der Waals surface area contributed by atoms with Gasteiger partial charge in [0.15, 0.2) is 0 Å². The largest absolute Gasteiger partial charge is 0.573 e. The van der Waals surface area contributed by atoms with Crippen molar-refractivity contribution >= 4 is 17.7 Å². The summed E-state index contributed by atoms with van der Waals surface area (Å²) in [6.45, 7) is 0.0905. The molecule has 2 heterocycles. The number of ether oxygens (including phenoxy) is 1. The SMILES string of the molecule is O=C(O)CNc1nc(NCCc2ccncc2)cc(-c2cccc(OC(F)(F)F)c2)n1. The van der Waals surface area contributed by atoms with Crippen molar-refractivity contribution in [1.29, 1.82) is 0 Å². The van der Waals surface area contributed by atoms with E-state index in [0.29, 0.717) is 30.0 Å². The van der Waals surface area contributed by atoms with Crippen LogP contribution in [0.5, 0.6) is 5.75 Å². The number of benzene rings is 1. The predicted molar refractivity (Wildman–Crippen MR) is 107 cm³/mol. The highest BCUT2D eigenvalue weighted by Crippen LogP contribution is 2.28. The molecule has 3 rings (SSSR count). The third-order valence-corrected chi connectivity index (χ3v) is 3.96. The van der Waals surface area contributed by atoms with Crippen molar-refractivity contribution in [2.45, 2.75) is 12.8 Å². The van der Waals surface area contributed by atoms with E-state index in [1.54, 1.807) is 24.5 Å². The average molecular weight is 433 g/mol. The second kappa shape index (κ2) is 9.74. The lowest BCUT2D eigenvalue weighted by Crippen LogP contribution is -2.17. The van der Waals surface area contributed by atoms with Crippen molar-refractivity contribution in [1.82, 2.24) is 15.0 Å². The van der Waals surface area contributed by atoms with Crippen molar-refractivity contribution in [2.24, 2.45) is 0 Å². The molecule has 8 nitrogen and oxygen atoms in total. The highest BCUT2D eigenvalue weighted by molar-refractivity contribution is 5.72. The van der Waals surface area contributed by atoms with Crippen LogP contribution < -0.4 is 15.4 Å². The molecule has 2 aromatic heterocycles. The Morgan fingerprint density at radius 3 is 2.55 bits per heavy atom. The van der Waals surface area contributed by atoms with Gasteiger partial charge in [-0.1, -0.05) is 12.1 Å². The summed E-state index contributed by atoms with van der Waals surface area (Å²) in [5, 5.41) is 14.6. The van der Waals surface area contributed by atoms with E-state index in [-0.39, 0.29) is 5.95 Å². The Morgan fingerprint density at radius 1 is 1.06 bits per heavy atom. The zero-order chi connectivity index (χ0) is 22.3. The van der Waals surface area contributed by atoms with E-state index in [0.717, 1.165) is 5.56 Å². The molecule has 0 aliphatic heterocycles. The van der Waals surface area contributed by atoms with E-state index < -0.39 is 24.6 Å². The van der Waals surface area contributed by atoms with Crippen LogP contribution in [0.4, 0.5) is 24.9 Å². The van der Waals surface area contributed by atoms with Crippen molar-refractivity contribution in [3.63, 3.8) is 0 Å². The molecule has 0 atom stereocenters. The number of carboxylic acid groups (broad SMARTS) is 1. The minimum absolute atomic E-state index is 0.0217. The summed E-state index contributed by atoms with van der Waals surface area (Å²) >= 11 is 0. The summed E-state index contributed by atoms with van der Waals surface area (Å²) in [6, 6.07) is 10.6. The maximum atomic E-state index is 12.5. The number of aliphatic carboxylic acids is 1. The number of nitrogens with one attached hydrogen (secondary N) is 2. The first kappa shape index (κ1) is 21.8. The molecule has 0 saturated heterocycles. The van der Waals surface area contributed by atoms with E-state index in [2.05, 4.69) is 30.3 Å². The molecule has 3 aromatic rings. The van der Waals surface area contributed by atoms with Crippen LogP contribution in [0.25, 0.3) is 11.3 Å². The molecule has 0 radical (unpaired) electrons. The third-order valence-electron chi connectivity index (χ3n) is 3.96. The molecule has 0 bridgehead atoms. The zero-order valence-electron chi connectivity index (χ0n) is 16.1. The van der Waals surface area contributed by atoms with Crippen LogP contribution in [0, 0.1) is 0 Å². The van der Waals surface area contributed by atoms with Crippen molar-refractivity contribution in [3.8, 4) is 17.0 Å². The van der Waals surface area contributed by atoms with Gasteiger partial charge in [0.2, 0.25) is 5.95 Å².